The highest BCUT2D eigenvalue weighted by Crippen LogP contribution is 2.17. The van der Waals surface area contributed by atoms with E-state index in [2.05, 4.69) is 78.0 Å². The molecule has 0 saturated heterocycles. The summed E-state index contributed by atoms with van der Waals surface area (Å²) >= 11 is 1.70. The van der Waals surface area contributed by atoms with Gasteiger partial charge in [0, 0.05) is 11.9 Å². The molecule has 0 aliphatic heterocycles. The second-order valence-corrected chi connectivity index (χ2v) is 6.74. The van der Waals surface area contributed by atoms with Crippen LogP contribution in [-0.2, 0) is 13.1 Å². The number of nitrogens with zero attached hydrogens (tertiary/aromatic N) is 2. The first-order valence-corrected chi connectivity index (χ1v) is 8.99. The van der Waals surface area contributed by atoms with E-state index in [0.29, 0.717) is 19.0 Å². The molecule has 0 bridgehead atoms. The minimum absolute atomic E-state index is 0.475. The van der Waals surface area contributed by atoms with Gasteiger partial charge in [0.15, 0.2) is 5.96 Å². The predicted octanol–water partition coefficient (Wildman–Crippen LogP) is 3.83. The summed E-state index contributed by atoms with van der Waals surface area (Å²) in [5.41, 5.74) is 3.68. The molecule has 1 aromatic heterocycles. The quantitative estimate of drug-likeness (QED) is 0.625. The Kier molecular flexibility index (Phi) is 6.59. The first kappa shape index (κ1) is 17.5. The molecule has 2 aromatic rings. The standard InChI is InChI=1S/C18H26N4S/c1-5-19-18(20-10-15-9-7-6-8-14(15)4)21-11-17-22-16(12-23-17)13(2)3/h6-9,12-13H,5,10-11H2,1-4H3,(H2,19,20,21). The third-order valence-electron chi connectivity index (χ3n) is 3.58. The highest BCUT2D eigenvalue weighted by molar-refractivity contribution is 7.09. The average molecular weight is 331 g/mol. The van der Waals surface area contributed by atoms with Gasteiger partial charge < -0.3 is 10.6 Å². The van der Waals surface area contributed by atoms with E-state index in [1.54, 1.807) is 11.3 Å². The van der Waals surface area contributed by atoms with Crippen molar-refractivity contribution in [3.63, 3.8) is 0 Å². The number of aromatic nitrogens is 1. The van der Waals surface area contributed by atoms with E-state index in [0.717, 1.165) is 23.2 Å². The largest absolute Gasteiger partial charge is 0.357 e. The Bertz CT molecular complexity index is 646. The molecule has 1 aromatic carbocycles. The second kappa shape index (κ2) is 8.67. The minimum Gasteiger partial charge on any atom is -0.357 e. The normalized spacial score (nSPS) is 11.8. The third-order valence-corrected chi connectivity index (χ3v) is 4.45. The zero-order valence-electron chi connectivity index (χ0n) is 14.4. The lowest BCUT2D eigenvalue weighted by molar-refractivity contribution is 0.787. The van der Waals surface area contributed by atoms with Gasteiger partial charge in [-0.25, -0.2) is 9.98 Å². The molecule has 4 nitrogen and oxygen atoms in total. The molecule has 1 heterocycles. The van der Waals surface area contributed by atoms with Gasteiger partial charge in [0.05, 0.1) is 18.8 Å². The summed E-state index contributed by atoms with van der Waals surface area (Å²) in [5.74, 6) is 1.31. The van der Waals surface area contributed by atoms with Crippen molar-refractivity contribution >= 4 is 17.3 Å². The molecule has 0 amide bonds. The van der Waals surface area contributed by atoms with E-state index in [1.807, 2.05) is 0 Å². The summed E-state index contributed by atoms with van der Waals surface area (Å²) in [7, 11) is 0. The molecule has 0 fully saturated rings. The topological polar surface area (TPSA) is 49.3 Å². The summed E-state index contributed by atoms with van der Waals surface area (Å²) < 4.78 is 0. The number of aliphatic imine (C=N–C) groups is 1. The first-order chi connectivity index (χ1) is 11.1. The van der Waals surface area contributed by atoms with Crippen molar-refractivity contribution in [1.29, 1.82) is 0 Å². The molecule has 0 aliphatic carbocycles. The Labute approximate surface area is 143 Å². The van der Waals surface area contributed by atoms with Gasteiger partial charge in [0.25, 0.3) is 0 Å². The number of thiazole rings is 1. The van der Waals surface area contributed by atoms with Crippen LogP contribution in [0.4, 0.5) is 0 Å². The third kappa shape index (κ3) is 5.36. The lowest BCUT2D eigenvalue weighted by Crippen LogP contribution is -2.36. The number of hydrogen-bond acceptors (Lipinski definition) is 3. The Morgan fingerprint density at radius 3 is 2.70 bits per heavy atom. The van der Waals surface area contributed by atoms with Gasteiger partial charge in [-0.3, -0.25) is 0 Å². The van der Waals surface area contributed by atoms with Crippen LogP contribution in [-0.4, -0.2) is 17.5 Å². The van der Waals surface area contributed by atoms with Gasteiger partial charge in [-0.1, -0.05) is 38.1 Å². The first-order valence-electron chi connectivity index (χ1n) is 8.11. The van der Waals surface area contributed by atoms with Crippen molar-refractivity contribution in [3.05, 3.63) is 51.5 Å². The molecule has 0 unspecified atom stereocenters. The van der Waals surface area contributed by atoms with E-state index >= 15 is 0 Å². The van der Waals surface area contributed by atoms with Crippen LogP contribution in [0.2, 0.25) is 0 Å². The van der Waals surface area contributed by atoms with Gasteiger partial charge in [-0.15, -0.1) is 11.3 Å². The second-order valence-electron chi connectivity index (χ2n) is 5.80. The van der Waals surface area contributed by atoms with Crippen molar-refractivity contribution in [1.82, 2.24) is 15.6 Å². The summed E-state index contributed by atoms with van der Waals surface area (Å²) in [6.45, 7) is 10.8. The molecule has 0 atom stereocenters. The van der Waals surface area contributed by atoms with Gasteiger partial charge in [-0.2, -0.15) is 0 Å². The summed E-state index contributed by atoms with van der Waals surface area (Å²) in [4.78, 5) is 9.32. The minimum atomic E-state index is 0.475. The van der Waals surface area contributed by atoms with Crippen LogP contribution in [0.5, 0.6) is 0 Å². The summed E-state index contributed by atoms with van der Waals surface area (Å²) in [5, 5.41) is 9.88. The molecule has 0 aliphatic rings. The van der Waals surface area contributed by atoms with Crippen LogP contribution in [0.25, 0.3) is 0 Å². The van der Waals surface area contributed by atoms with E-state index in [9.17, 15) is 0 Å². The fraction of sp³-hybridized carbons (Fsp3) is 0.444. The van der Waals surface area contributed by atoms with Gasteiger partial charge >= 0.3 is 0 Å². The summed E-state index contributed by atoms with van der Waals surface area (Å²) in [6, 6.07) is 8.36. The maximum atomic E-state index is 4.67. The van der Waals surface area contributed by atoms with Gasteiger partial charge in [-0.05, 0) is 30.9 Å². The van der Waals surface area contributed by atoms with Crippen LogP contribution < -0.4 is 10.6 Å². The molecular weight excluding hydrogens is 304 g/mol. The highest BCUT2D eigenvalue weighted by Gasteiger charge is 2.06. The van der Waals surface area contributed by atoms with Crippen molar-refractivity contribution in [2.75, 3.05) is 6.54 Å². The number of benzene rings is 1. The number of guanidine groups is 1. The fourth-order valence-corrected chi connectivity index (χ4v) is 3.02. The monoisotopic (exact) mass is 330 g/mol. The molecular formula is C18H26N4S. The predicted molar refractivity (Wildman–Crippen MR) is 99.0 cm³/mol. The van der Waals surface area contributed by atoms with Crippen LogP contribution in [0.1, 0.15) is 48.5 Å². The van der Waals surface area contributed by atoms with Crippen LogP contribution in [0.15, 0.2) is 34.6 Å². The molecule has 0 radical (unpaired) electrons. The van der Waals surface area contributed by atoms with Crippen molar-refractivity contribution in [2.24, 2.45) is 4.99 Å². The molecule has 124 valence electrons. The molecule has 0 spiro atoms. The maximum Gasteiger partial charge on any atom is 0.191 e. The Morgan fingerprint density at radius 1 is 1.26 bits per heavy atom. The van der Waals surface area contributed by atoms with Gasteiger partial charge in [0.2, 0.25) is 0 Å². The molecule has 2 N–H and O–H groups in total. The van der Waals surface area contributed by atoms with Crippen molar-refractivity contribution < 1.29 is 0 Å². The number of rotatable bonds is 6. The molecule has 5 heteroatoms. The zero-order valence-corrected chi connectivity index (χ0v) is 15.2. The Hall–Kier alpha value is -1.88. The van der Waals surface area contributed by atoms with Gasteiger partial charge in [0.1, 0.15) is 5.01 Å². The van der Waals surface area contributed by atoms with E-state index in [1.165, 1.54) is 11.1 Å². The lowest BCUT2D eigenvalue weighted by atomic mass is 10.1. The van der Waals surface area contributed by atoms with Crippen molar-refractivity contribution in [3.8, 4) is 0 Å². The number of nitrogens with one attached hydrogen (secondary N) is 2. The smallest absolute Gasteiger partial charge is 0.191 e. The zero-order chi connectivity index (χ0) is 16.7. The number of aryl methyl sites for hydroxylation is 1. The van der Waals surface area contributed by atoms with Crippen LogP contribution in [0, 0.1) is 6.92 Å². The van der Waals surface area contributed by atoms with Crippen LogP contribution in [0.3, 0.4) is 0 Å². The summed E-state index contributed by atoms with van der Waals surface area (Å²) in [6.07, 6.45) is 0. The molecule has 23 heavy (non-hydrogen) atoms. The molecule has 0 saturated carbocycles. The lowest BCUT2D eigenvalue weighted by Gasteiger charge is -2.10. The highest BCUT2D eigenvalue weighted by atomic mass is 32.1. The van der Waals surface area contributed by atoms with Crippen molar-refractivity contribution in [2.45, 2.75) is 46.7 Å². The molecule has 2 rings (SSSR count). The van der Waals surface area contributed by atoms with E-state index in [4.69, 9.17) is 0 Å². The van der Waals surface area contributed by atoms with E-state index < -0.39 is 0 Å². The average Bonchev–Trinajstić information content (AvgIpc) is 3.00. The fourth-order valence-electron chi connectivity index (χ4n) is 2.12. The maximum absolute atomic E-state index is 4.67. The van der Waals surface area contributed by atoms with Crippen LogP contribution >= 0.6 is 11.3 Å². The number of hydrogen-bond donors (Lipinski definition) is 2. The SMILES string of the molecule is CCNC(=NCc1ccccc1C)NCc1nc(C(C)C)cs1. The Balaban J connectivity index is 1.97. The Morgan fingerprint density at radius 2 is 2.04 bits per heavy atom. The van der Waals surface area contributed by atoms with E-state index in [-0.39, 0.29) is 0 Å².